The Kier molecular flexibility index (Phi) is 72.6. The molecule has 0 spiro atoms. The van der Waals surface area contributed by atoms with Crippen molar-refractivity contribution in [1.29, 1.82) is 0 Å². The molecule has 2 atom stereocenters. The summed E-state index contributed by atoms with van der Waals surface area (Å²) in [5, 5.41) is 9.78. The van der Waals surface area contributed by atoms with E-state index in [-0.39, 0.29) is 32.2 Å². The molecular formula is C88H148NO8+. The minimum Gasteiger partial charge on any atom is -0.477 e. The van der Waals surface area contributed by atoms with E-state index in [0.717, 1.165) is 128 Å². The van der Waals surface area contributed by atoms with Crippen LogP contribution in [0.5, 0.6) is 0 Å². The molecule has 0 aromatic carbocycles. The second-order valence-corrected chi connectivity index (χ2v) is 27.3. The molecule has 0 rings (SSSR count). The van der Waals surface area contributed by atoms with Gasteiger partial charge in [0.25, 0.3) is 6.29 Å². The maximum Gasteiger partial charge on any atom is 0.361 e. The molecule has 0 saturated carbocycles. The Labute approximate surface area is 597 Å². The molecule has 0 aromatic heterocycles. The normalized spacial score (nSPS) is 13.5. The number of esters is 2. The van der Waals surface area contributed by atoms with Crippen molar-refractivity contribution >= 4 is 17.9 Å². The molecule has 9 nitrogen and oxygen atoms in total. The third kappa shape index (κ3) is 78.1. The monoisotopic (exact) mass is 1350 g/mol. The van der Waals surface area contributed by atoms with Crippen molar-refractivity contribution in [2.24, 2.45) is 0 Å². The number of likely N-dealkylation sites (N-methyl/N-ethyl adjacent to an activating group) is 1. The molecule has 0 saturated heterocycles. The highest BCUT2D eigenvalue weighted by atomic mass is 16.7. The van der Waals surface area contributed by atoms with Crippen LogP contribution in [0.2, 0.25) is 0 Å². The zero-order valence-electron chi connectivity index (χ0n) is 63.2. The fraction of sp³-hybridized carbons (Fsp3) is 0.670. The molecule has 0 aliphatic rings. The Hall–Kier alpha value is -5.09. The summed E-state index contributed by atoms with van der Waals surface area (Å²) in [6.45, 7) is 4.67. The maximum atomic E-state index is 13.0. The largest absolute Gasteiger partial charge is 0.477 e. The molecule has 0 aliphatic carbocycles. The van der Waals surface area contributed by atoms with Gasteiger partial charge in [-0.3, -0.25) is 9.59 Å². The fourth-order valence-corrected chi connectivity index (χ4v) is 10.8. The first-order valence-corrected chi connectivity index (χ1v) is 39.6. The van der Waals surface area contributed by atoms with Gasteiger partial charge >= 0.3 is 17.9 Å². The van der Waals surface area contributed by atoms with E-state index in [2.05, 4.69) is 172 Å². The van der Waals surface area contributed by atoms with Crippen LogP contribution in [-0.4, -0.2) is 87.4 Å². The number of aliphatic carboxylic acids is 1. The summed E-state index contributed by atoms with van der Waals surface area (Å²) in [5.74, 6) is -2.00. The number of hydrogen-bond acceptors (Lipinski definition) is 7. The van der Waals surface area contributed by atoms with Crippen molar-refractivity contribution in [2.75, 3.05) is 47.5 Å². The van der Waals surface area contributed by atoms with Gasteiger partial charge in [-0.15, -0.1) is 0 Å². The van der Waals surface area contributed by atoms with E-state index in [0.29, 0.717) is 23.9 Å². The number of carbonyl (C=O) groups excluding carboxylic acids is 2. The Bertz CT molecular complexity index is 2160. The number of carboxylic acids is 1. The molecule has 0 fully saturated rings. The van der Waals surface area contributed by atoms with Gasteiger partial charge in [-0.1, -0.05) is 345 Å². The number of carbonyl (C=O) groups is 3. The van der Waals surface area contributed by atoms with E-state index in [4.69, 9.17) is 18.9 Å². The Morgan fingerprint density at radius 3 is 0.825 bits per heavy atom. The summed E-state index contributed by atoms with van der Waals surface area (Å²) in [6.07, 6.45) is 111. The van der Waals surface area contributed by atoms with Gasteiger partial charge in [0, 0.05) is 12.8 Å². The third-order valence-electron chi connectivity index (χ3n) is 16.8. The van der Waals surface area contributed by atoms with Gasteiger partial charge in [-0.25, -0.2) is 4.79 Å². The van der Waals surface area contributed by atoms with Gasteiger partial charge < -0.3 is 28.5 Å². The fourth-order valence-electron chi connectivity index (χ4n) is 10.8. The van der Waals surface area contributed by atoms with Gasteiger partial charge in [-0.2, -0.15) is 0 Å². The van der Waals surface area contributed by atoms with E-state index in [1.165, 1.54) is 161 Å². The zero-order valence-corrected chi connectivity index (χ0v) is 63.2. The van der Waals surface area contributed by atoms with Crippen LogP contribution in [0.1, 0.15) is 322 Å². The second-order valence-electron chi connectivity index (χ2n) is 27.3. The molecule has 9 heteroatoms. The van der Waals surface area contributed by atoms with E-state index in [1.807, 2.05) is 21.1 Å². The molecule has 0 aliphatic heterocycles. The smallest absolute Gasteiger partial charge is 0.361 e. The van der Waals surface area contributed by atoms with Crippen molar-refractivity contribution in [3.63, 3.8) is 0 Å². The van der Waals surface area contributed by atoms with Crippen LogP contribution < -0.4 is 0 Å². The second kappa shape index (κ2) is 76.7. The van der Waals surface area contributed by atoms with Crippen LogP contribution in [0.25, 0.3) is 0 Å². The van der Waals surface area contributed by atoms with Crippen molar-refractivity contribution in [1.82, 2.24) is 0 Å². The zero-order chi connectivity index (χ0) is 70.4. The summed E-state index contributed by atoms with van der Waals surface area (Å²) in [5.41, 5.74) is 0. The predicted octanol–water partition coefficient (Wildman–Crippen LogP) is 25.6. The molecule has 1 N–H and O–H groups in total. The van der Waals surface area contributed by atoms with Crippen molar-refractivity contribution < 1.29 is 42.9 Å². The average molecular weight is 1350 g/mol. The van der Waals surface area contributed by atoms with Gasteiger partial charge in [0.05, 0.1) is 34.4 Å². The number of quaternary nitrogens is 1. The predicted molar refractivity (Wildman–Crippen MR) is 419 cm³/mol. The summed E-state index contributed by atoms with van der Waals surface area (Å²) in [6, 6.07) is 0. The lowest BCUT2D eigenvalue weighted by atomic mass is 10.0. The minimum atomic E-state index is -1.52. The maximum absolute atomic E-state index is 13.0. The van der Waals surface area contributed by atoms with Gasteiger partial charge in [0.1, 0.15) is 13.2 Å². The number of allylic oxidation sites excluding steroid dienone is 26. The Morgan fingerprint density at radius 1 is 0.309 bits per heavy atom. The molecule has 0 amide bonds. The standard InChI is InChI=1S/C88H147NO8/c1-6-8-10-12-14-16-18-20-22-24-26-28-30-32-34-36-38-40-41-42-43-44-45-47-49-51-53-55-57-59-61-63-65-67-69-71-73-75-77-79-86(91)97-84(83-96-88(87(92)93)94-81-80-89(3,4)5)82-95-85(90)78-76-74-72-70-68-66-64-62-60-58-56-54-52-50-48-46-39-37-35-33-31-29-27-25-23-21-19-17-15-13-11-9-7-2/h8-11,14-17,20-23,26-29,32,34,38,40,42-43,45,47,51,53,84,88H,6-7,12-13,18-19,24-25,30-31,33,35-37,39,41,44,46,48-50,52,54-83H2,1-5H3/p+1/b10-8-,11-9-,16-14-,17-15-,22-20-,23-21-,28-26-,29-27-,34-32-,40-38-,43-42-,47-45-,53-51-. The molecule has 0 heterocycles. The molecule has 552 valence electrons. The number of carboxylic acid groups (broad SMARTS) is 1. The van der Waals surface area contributed by atoms with Crippen molar-refractivity contribution in [3.8, 4) is 0 Å². The lowest BCUT2D eigenvalue weighted by Gasteiger charge is -2.25. The van der Waals surface area contributed by atoms with E-state index >= 15 is 0 Å². The van der Waals surface area contributed by atoms with Gasteiger partial charge in [-0.05, 0) is 122 Å². The number of ether oxygens (including phenoxy) is 4. The van der Waals surface area contributed by atoms with Crippen LogP contribution in [0.4, 0.5) is 0 Å². The molecule has 0 radical (unpaired) electrons. The Balaban J connectivity index is 4.08. The van der Waals surface area contributed by atoms with E-state index < -0.39 is 24.3 Å². The number of unbranched alkanes of at least 4 members (excludes halogenated alkanes) is 31. The summed E-state index contributed by atoms with van der Waals surface area (Å²) >= 11 is 0. The van der Waals surface area contributed by atoms with Crippen LogP contribution in [0, 0.1) is 0 Å². The lowest BCUT2D eigenvalue weighted by molar-refractivity contribution is -0.870. The van der Waals surface area contributed by atoms with Crippen molar-refractivity contribution in [3.05, 3.63) is 158 Å². The average Bonchev–Trinajstić information content (AvgIpc) is 2.39. The molecule has 0 bridgehead atoms. The molecule has 97 heavy (non-hydrogen) atoms. The van der Waals surface area contributed by atoms with Crippen molar-refractivity contribution in [2.45, 2.75) is 334 Å². The first kappa shape index (κ1) is 91.9. The highest BCUT2D eigenvalue weighted by Gasteiger charge is 2.25. The molecule has 2 unspecified atom stereocenters. The van der Waals surface area contributed by atoms with Gasteiger partial charge in [0.2, 0.25) is 0 Å². The van der Waals surface area contributed by atoms with E-state index in [1.54, 1.807) is 0 Å². The highest BCUT2D eigenvalue weighted by molar-refractivity contribution is 5.71. The van der Waals surface area contributed by atoms with Crippen LogP contribution >= 0.6 is 0 Å². The summed E-state index contributed by atoms with van der Waals surface area (Å²) in [7, 11) is 5.98. The summed E-state index contributed by atoms with van der Waals surface area (Å²) in [4.78, 5) is 37.7. The summed E-state index contributed by atoms with van der Waals surface area (Å²) < 4.78 is 23.0. The highest BCUT2D eigenvalue weighted by Crippen LogP contribution is 2.18. The third-order valence-corrected chi connectivity index (χ3v) is 16.8. The Morgan fingerprint density at radius 2 is 0.557 bits per heavy atom. The van der Waals surface area contributed by atoms with Crippen LogP contribution in [0.3, 0.4) is 0 Å². The number of hydrogen-bond donors (Lipinski definition) is 1. The first-order valence-electron chi connectivity index (χ1n) is 39.6. The quantitative estimate of drug-likeness (QED) is 0.0211. The SMILES string of the molecule is CC/C=C\C/C=C\C/C=C\C/C=C\C/C=C\C/C=C\C/C=C\C/C=C\C/C=C\CCCCCCCCCCCCCC(=O)OC(COC(=O)CCCCCCCCCCCCCCCCCCCCCC/C=C\C/C=C\C/C=C\C/C=C\CC)COC(OCC[N+](C)(C)C)C(=O)O. The molecule has 0 aromatic rings. The van der Waals surface area contributed by atoms with Crippen LogP contribution in [-0.2, 0) is 33.3 Å². The van der Waals surface area contributed by atoms with Crippen LogP contribution in [0.15, 0.2) is 158 Å². The first-order chi connectivity index (χ1) is 47.6. The number of rotatable bonds is 72. The van der Waals surface area contributed by atoms with E-state index in [9.17, 15) is 19.5 Å². The number of nitrogens with zero attached hydrogens (tertiary/aromatic N) is 1. The van der Waals surface area contributed by atoms with Gasteiger partial charge in [0.15, 0.2) is 6.10 Å². The molecular weight excluding hydrogens is 1200 g/mol. The lowest BCUT2D eigenvalue weighted by Crippen LogP contribution is -2.40. The minimum absolute atomic E-state index is 0.182. The topological polar surface area (TPSA) is 108 Å².